The molecule has 1 aromatic carbocycles. The van der Waals surface area contributed by atoms with E-state index in [4.69, 9.17) is 0 Å². The molecule has 2 heterocycles. The summed E-state index contributed by atoms with van der Waals surface area (Å²) >= 11 is 1.55. The molecule has 0 radical (unpaired) electrons. The first-order valence-corrected chi connectivity index (χ1v) is 7.97. The smallest absolute Gasteiger partial charge is 0.337 e. The van der Waals surface area contributed by atoms with E-state index in [-0.39, 0.29) is 12.5 Å². The van der Waals surface area contributed by atoms with Crippen molar-refractivity contribution in [2.45, 2.75) is 6.54 Å². The average Bonchev–Trinajstić information content (AvgIpc) is 3.30. The topological polar surface area (TPSA) is 86.1 Å². The number of methoxy groups -OCH3 is 1. The van der Waals surface area contributed by atoms with Crippen LogP contribution in [0.1, 0.15) is 26.4 Å². The highest BCUT2D eigenvalue weighted by atomic mass is 32.1. The summed E-state index contributed by atoms with van der Waals surface area (Å²) < 4.78 is 6.28. The minimum absolute atomic E-state index is 0.253. The van der Waals surface area contributed by atoms with Crippen molar-refractivity contribution in [1.29, 1.82) is 0 Å². The Balaban J connectivity index is 1.60. The molecular formula is C16H14N4O3S. The van der Waals surface area contributed by atoms with Crippen LogP contribution in [-0.4, -0.2) is 34.0 Å². The first-order chi connectivity index (χ1) is 11.7. The predicted octanol–water partition coefficient (Wildman–Crippen LogP) is 2.05. The average molecular weight is 342 g/mol. The number of nitrogens with zero attached hydrogens (tertiary/aromatic N) is 3. The van der Waals surface area contributed by atoms with Gasteiger partial charge in [-0.3, -0.25) is 4.79 Å². The van der Waals surface area contributed by atoms with E-state index >= 15 is 0 Å². The molecule has 0 atom stereocenters. The van der Waals surface area contributed by atoms with Crippen LogP contribution in [0.5, 0.6) is 0 Å². The number of benzene rings is 1. The lowest BCUT2D eigenvalue weighted by Crippen LogP contribution is -2.23. The lowest BCUT2D eigenvalue weighted by atomic mass is 10.1. The Labute approximate surface area is 141 Å². The van der Waals surface area contributed by atoms with E-state index in [9.17, 15) is 9.59 Å². The van der Waals surface area contributed by atoms with Crippen molar-refractivity contribution in [3.8, 4) is 5.00 Å². The van der Waals surface area contributed by atoms with Crippen molar-refractivity contribution in [3.63, 3.8) is 0 Å². The Hall–Kier alpha value is -3.00. The molecule has 122 valence electrons. The fraction of sp³-hybridized carbons (Fsp3) is 0.125. The van der Waals surface area contributed by atoms with Gasteiger partial charge in [-0.25, -0.2) is 9.48 Å². The van der Waals surface area contributed by atoms with Gasteiger partial charge in [0.1, 0.15) is 10.7 Å². The number of esters is 1. The van der Waals surface area contributed by atoms with Gasteiger partial charge in [0, 0.05) is 5.56 Å². The largest absolute Gasteiger partial charge is 0.465 e. The molecule has 0 aliphatic rings. The third-order valence-corrected chi connectivity index (χ3v) is 4.13. The summed E-state index contributed by atoms with van der Waals surface area (Å²) in [5, 5.41) is 13.7. The molecule has 8 heteroatoms. The van der Waals surface area contributed by atoms with Crippen LogP contribution < -0.4 is 5.32 Å². The van der Waals surface area contributed by atoms with Gasteiger partial charge < -0.3 is 10.1 Å². The second kappa shape index (κ2) is 7.05. The van der Waals surface area contributed by atoms with Crippen LogP contribution >= 0.6 is 11.3 Å². The molecule has 3 aromatic rings. The van der Waals surface area contributed by atoms with E-state index < -0.39 is 5.97 Å². The second-order valence-corrected chi connectivity index (χ2v) is 5.78. The Morgan fingerprint density at radius 2 is 1.96 bits per heavy atom. The van der Waals surface area contributed by atoms with Crippen molar-refractivity contribution in [2.24, 2.45) is 0 Å². The predicted molar refractivity (Wildman–Crippen MR) is 88.2 cm³/mol. The third-order valence-electron chi connectivity index (χ3n) is 3.27. The Morgan fingerprint density at radius 1 is 1.21 bits per heavy atom. The summed E-state index contributed by atoms with van der Waals surface area (Å²) in [7, 11) is 1.31. The van der Waals surface area contributed by atoms with E-state index in [1.807, 2.05) is 17.5 Å². The van der Waals surface area contributed by atoms with Gasteiger partial charge in [-0.15, -0.1) is 16.4 Å². The molecule has 1 N–H and O–H groups in total. The van der Waals surface area contributed by atoms with Gasteiger partial charge in [-0.2, -0.15) is 0 Å². The number of thiophene rings is 1. The fourth-order valence-electron chi connectivity index (χ4n) is 2.04. The Kier molecular flexibility index (Phi) is 4.66. The summed E-state index contributed by atoms with van der Waals surface area (Å²) in [5.41, 5.74) is 1.50. The van der Waals surface area contributed by atoms with Crippen molar-refractivity contribution >= 4 is 23.2 Å². The van der Waals surface area contributed by atoms with Crippen LogP contribution in [0.2, 0.25) is 0 Å². The lowest BCUT2D eigenvalue weighted by molar-refractivity contribution is 0.0600. The van der Waals surface area contributed by atoms with Crippen molar-refractivity contribution in [2.75, 3.05) is 7.11 Å². The molecule has 24 heavy (non-hydrogen) atoms. The van der Waals surface area contributed by atoms with Gasteiger partial charge in [0.2, 0.25) is 0 Å². The number of ether oxygens (including phenoxy) is 1. The molecule has 0 saturated heterocycles. The van der Waals surface area contributed by atoms with Crippen molar-refractivity contribution < 1.29 is 14.3 Å². The SMILES string of the molecule is COC(=O)c1ccc(C(=O)NCc2cn(-c3cccs3)nn2)cc1. The molecule has 1 amide bonds. The standard InChI is InChI=1S/C16H14N4O3S/c1-23-16(22)12-6-4-11(5-7-12)15(21)17-9-13-10-20(19-18-13)14-3-2-8-24-14/h2-8,10H,9H2,1H3,(H,17,21). The monoisotopic (exact) mass is 342 g/mol. The van der Waals surface area contributed by atoms with Crippen LogP contribution in [0.15, 0.2) is 48.0 Å². The van der Waals surface area contributed by atoms with Crippen LogP contribution in [0.25, 0.3) is 5.00 Å². The number of amides is 1. The minimum Gasteiger partial charge on any atom is -0.465 e. The maximum atomic E-state index is 12.1. The van der Waals surface area contributed by atoms with E-state index in [1.165, 1.54) is 7.11 Å². The van der Waals surface area contributed by atoms with E-state index in [0.29, 0.717) is 16.8 Å². The molecule has 7 nitrogen and oxygen atoms in total. The number of hydrogen-bond acceptors (Lipinski definition) is 6. The molecule has 0 saturated carbocycles. The van der Waals surface area contributed by atoms with Crippen molar-refractivity contribution in [3.05, 3.63) is 64.8 Å². The molecule has 0 spiro atoms. The van der Waals surface area contributed by atoms with Crippen molar-refractivity contribution in [1.82, 2.24) is 20.3 Å². The summed E-state index contributed by atoms with van der Waals surface area (Å²) in [6, 6.07) is 10.1. The van der Waals surface area contributed by atoms with E-state index in [2.05, 4.69) is 20.4 Å². The van der Waals surface area contributed by atoms with Gasteiger partial charge in [-0.1, -0.05) is 5.21 Å². The van der Waals surface area contributed by atoms with Crippen LogP contribution in [0.4, 0.5) is 0 Å². The van der Waals surface area contributed by atoms with Crippen LogP contribution in [-0.2, 0) is 11.3 Å². The first-order valence-electron chi connectivity index (χ1n) is 7.09. The zero-order chi connectivity index (χ0) is 16.9. The zero-order valence-corrected chi connectivity index (χ0v) is 13.6. The van der Waals surface area contributed by atoms with E-state index in [0.717, 1.165) is 5.00 Å². The van der Waals surface area contributed by atoms with Gasteiger partial charge in [-0.05, 0) is 41.8 Å². The lowest BCUT2D eigenvalue weighted by Gasteiger charge is -2.04. The Bertz CT molecular complexity index is 841. The van der Waals surface area contributed by atoms with Crippen LogP contribution in [0.3, 0.4) is 0 Å². The van der Waals surface area contributed by atoms with E-state index in [1.54, 1.807) is 46.5 Å². The van der Waals surface area contributed by atoms with Gasteiger partial charge >= 0.3 is 5.97 Å². The molecule has 2 aromatic heterocycles. The molecule has 0 bridgehead atoms. The molecule has 0 aliphatic heterocycles. The highest BCUT2D eigenvalue weighted by molar-refractivity contribution is 7.12. The summed E-state index contributed by atoms with van der Waals surface area (Å²) in [5.74, 6) is -0.691. The number of rotatable bonds is 5. The maximum absolute atomic E-state index is 12.1. The summed E-state index contributed by atoms with van der Waals surface area (Å²) in [6.07, 6.45) is 1.77. The molecule has 0 fully saturated rings. The van der Waals surface area contributed by atoms with Gasteiger partial charge in [0.15, 0.2) is 0 Å². The highest BCUT2D eigenvalue weighted by Crippen LogP contribution is 2.13. The zero-order valence-electron chi connectivity index (χ0n) is 12.8. The van der Waals surface area contributed by atoms with Gasteiger partial charge in [0.25, 0.3) is 5.91 Å². The maximum Gasteiger partial charge on any atom is 0.337 e. The number of carbonyl (C=O) groups excluding carboxylic acids is 2. The first kappa shape index (κ1) is 15.9. The highest BCUT2D eigenvalue weighted by Gasteiger charge is 2.10. The minimum atomic E-state index is -0.438. The normalized spacial score (nSPS) is 10.4. The third kappa shape index (κ3) is 3.49. The second-order valence-electron chi connectivity index (χ2n) is 4.86. The van der Waals surface area contributed by atoms with Crippen LogP contribution in [0, 0.1) is 0 Å². The molecule has 0 unspecified atom stereocenters. The quantitative estimate of drug-likeness (QED) is 0.717. The van der Waals surface area contributed by atoms with Gasteiger partial charge in [0.05, 0.1) is 25.4 Å². The fourth-order valence-corrected chi connectivity index (χ4v) is 2.69. The summed E-state index contributed by atoms with van der Waals surface area (Å²) in [6.45, 7) is 0.267. The molecule has 0 aliphatic carbocycles. The molecule has 3 rings (SSSR count). The number of hydrogen-bond donors (Lipinski definition) is 1. The summed E-state index contributed by atoms with van der Waals surface area (Å²) in [4.78, 5) is 23.5. The number of nitrogens with one attached hydrogen (secondary N) is 1. The number of carbonyl (C=O) groups is 2. The number of aromatic nitrogens is 3. The Morgan fingerprint density at radius 3 is 2.62 bits per heavy atom. The molecular weight excluding hydrogens is 328 g/mol.